The summed E-state index contributed by atoms with van der Waals surface area (Å²) < 4.78 is 5.19. The zero-order valence-electron chi connectivity index (χ0n) is 26.7. The summed E-state index contributed by atoms with van der Waals surface area (Å²) in [4.78, 5) is 0. The summed E-state index contributed by atoms with van der Waals surface area (Å²) in [6.45, 7) is 24.2. The first-order chi connectivity index (χ1) is 18.2. The third-order valence-electron chi connectivity index (χ3n) is 8.64. The van der Waals surface area contributed by atoms with Crippen LogP contribution >= 0.6 is 24.8 Å². The van der Waals surface area contributed by atoms with Gasteiger partial charge in [-0.1, -0.05) is 0 Å². The molecule has 0 saturated carbocycles. The van der Waals surface area contributed by atoms with Gasteiger partial charge >= 0.3 is 248 Å². The molecule has 0 aromatic heterocycles. The quantitative estimate of drug-likeness (QED) is 0.188. The Hall–Kier alpha value is -1.31. The van der Waals surface area contributed by atoms with E-state index in [0.29, 0.717) is 0 Å². The average molecular weight is 683 g/mol. The molecule has 0 N–H and O–H groups in total. The normalized spacial score (nSPS) is 15.2. The molecule has 0 heterocycles. The van der Waals surface area contributed by atoms with Crippen molar-refractivity contribution in [3.8, 4) is 11.1 Å². The molecule has 0 spiro atoms. The minimum atomic E-state index is -2.51. The van der Waals surface area contributed by atoms with Crippen LogP contribution in [0, 0.1) is 0 Å². The van der Waals surface area contributed by atoms with Gasteiger partial charge in [0.05, 0.1) is 0 Å². The van der Waals surface area contributed by atoms with Crippen LogP contribution in [0.15, 0.2) is 81.3 Å². The third kappa shape index (κ3) is 6.77. The molecule has 3 aromatic rings. The Balaban J connectivity index is 0.00000231. The molecular formula is C37H48Cl2SiZr. The summed E-state index contributed by atoms with van der Waals surface area (Å²) in [5.74, 6) is 0. The molecule has 4 heteroatoms. The van der Waals surface area contributed by atoms with Crippen LogP contribution < -0.4 is 3.27 Å². The second-order valence-electron chi connectivity index (χ2n) is 14.7. The molecule has 0 fully saturated rings. The Morgan fingerprint density at radius 3 is 1.98 bits per heavy atom. The van der Waals surface area contributed by atoms with Crippen LogP contribution in [-0.4, -0.2) is 11.3 Å². The Kier molecular flexibility index (Phi) is 10.3. The van der Waals surface area contributed by atoms with Crippen LogP contribution in [0.25, 0.3) is 11.1 Å². The summed E-state index contributed by atoms with van der Waals surface area (Å²) in [5, 5.41) is 1.65. The number of hydrogen-bond donors (Lipinski definition) is 0. The van der Waals surface area contributed by atoms with Gasteiger partial charge in [-0.05, 0) is 0 Å². The van der Waals surface area contributed by atoms with E-state index in [4.69, 9.17) is 0 Å². The van der Waals surface area contributed by atoms with Crippen molar-refractivity contribution in [3.05, 3.63) is 109 Å². The second kappa shape index (κ2) is 12.4. The molecule has 5 rings (SSSR count). The molecule has 0 unspecified atom stereocenters. The van der Waals surface area contributed by atoms with Gasteiger partial charge < -0.3 is 0 Å². The van der Waals surface area contributed by atoms with Crippen LogP contribution in [0.1, 0.15) is 82.7 Å². The van der Waals surface area contributed by atoms with E-state index >= 15 is 0 Å². The monoisotopic (exact) mass is 680 g/mol. The molecule has 0 nitrogen and oxygen atoms in total. The Morgan fingerprint density at radius 2 is 1.41 bits per heavy atom. The third-order valence-corrected chi connectivity index (χ3v) is 18.3. The van der Waals surface area contributed by atoms with Gasteiger partial charge in [0.15, 0.2) is 0 Å². The van der Waals surface area contributed by atoms with Crippen LogP contribution in [0.3, 0.4) is 0 Å². The Bertz CT molecular complexity index is 1540. The molecule has 218 valence electrons. The van der Waals surface area contributed by atoms with E-state index in [1.807, 2.05) is 0 Å². The SMILES string of the molecule is C/[C](c1ccccc1)=[Zr](\[C]1=CC([Si](C)(C)C)=CC1)[c]1c(C(C)(C)C)ccc2c1Cc1cc(C(C)(C)C)ccc1-2.Cl.Cl. The van der Waals surface area contributed by atoms with Crippen molar-refractivity contribution >= 4 is 39.4 Å². The van der Waals surface area contributed by atoms with E-state index in [-0.39, 0.29) is 35.6 Å². The number of fused-ring (bicyclic) bond motifs is 3. The minimum Gasteiger partial charge on any atom is -0.147 e. The van der Waals surface area contributed by atoms with Crippen LogP contribution in [0.4, 0.5) is 0 Å². The smallest absolute Gasteiger partial charge is 0.147 e. The van der Waals surface area contributed by atoms with Gasteiger partial charge in [-0.25, -0.2) is 0 Å². The van der Waals surface area contributed by atoms with Gasteiger partial charge in [-0.15, -0.1) is 24.8 Å². The van der Waals surface area contributed by atoms with Crippen LogP contribution in [0.2, 0.25) is 19.6 Å². The summed E-state index contributed by atoms with van der Waals surface area (Å²) >= 11 is -2.51. The average Bonchev–Trinajstić information content (AvgIpc) is 3.48. The molecule has 0 bridgehead atoms. The van der Waals surface area contributed by atoms with E-state index in [9.17, 15) is 0 Å². The van der Waals surface area contributed by atoms with Gasteiger partial charge in [0.25, 0.3) is 0 Å². The molecule has 3 aromatic carbocycles. The first-order valence-electron chi connectivity index (χ1n) is 14.6. The summed E-state index contributed by atoms with van der Waals surface area (Å²) in [7, 11) is -1.37. The van der Waals surface area contributed by atoms with Crippen molar-refractivity contribution in [1.82, 2.24) is 0 Å². The number of halogens is 2. The minimum absolute atomic E-state index is 0. The fourth-order valence-corrected chi connectivity index (χ4v) is 16.6. The zero-order chi connectivity index (χ0) is 28.3. The molecule has 0 atom stereocenters. The number of rotatable bonds is 4. The van der Waals surface area contributed by atoms with Gasteiger partial charge in [-0.3, -0.25) is 0 Å². The Labute approximate surface area is 270 Å². The maximum absolute atomic E-state index is 2.68. The van der Waals surface area contributed by atoms with E-state index in [2.05, 4.69) is 141 Å². The van der Waals surface area contributed by atoms with E-state index < -0.39 is 29.3 Å². The molecule has 0 saturated heterocycles. The van der Waals surface area contributed by atoms with Gasteiger partial charge in [-0.2, -0.15) is 0 Å². The molecule has 41 heavy (non-hydrogen) atoms. The van der Waals surface area contributed by atoms with Crippen LogP contribution in [0.5, 0.6) is 0 Å². The van der Waals surface area contributed by atoms with Crippen LogP contribution in [-0.2, 0) is 38.5 Å². The summed E-state index contributed by atoms with van der Waals surface area (Å²) in [6.07, 6.45) is 7.48. The van der Waals surface area contributed by atoms with Gasteiger partial charge in [0.1, 0.15) is 0 Å². The maximum Gasteiger partial charge on any atom is -0.147 e. The molecule has 0 aliphatic heterocycles. The summed E-state index contributed by atoms with van der Waals surface area (Å²) in [5.41, 5.74) is 10.8. The molecule has 0 amide bonds. The number of hydrogen-bond acceptors (Lipinski definition) is 0. The van der Waals surface area contributed by atoms with Crippen molar-refractivity contribution in [3.63, 3.8) is 0 Å². The predicted octanol–water partition coefficient (Wildman–Crippen LogP) is 10.3. The topological polar surface area (TPSA) is 0 Å². The summed E-state index contributed by atoms with van der Waals surface area (Å²) in [6, 6.07) is 23.5. The van der Waals surface area contributed by atoms with E-state index in [0.717, 1.165) is 12.8 Å². The fourth-order valence-electron chi connectivity index (χ4n) is 6.30. The van der Waals surface area contributed by atoms with Crippen molar-refractivity contribution in [1.29, 1.82) is 0 Å². The molecule has 2 aliphatic rings. The Morgan fingerprint density at radius 1 is 0.780 bits per heavy atom. The van der Waals surface area contributed by atoms with Gasteiger partial charge in [0.2, 0.25) is 0 Å². The van der Waals surface area contributed by atoms with Gasteiger partial charge in [0, 0.05) is 0 Å². The fraction of sp³-hybridized carbons (Fsp3) is 0.378. The standard InChI is InChI=1S/C21H25.C8H13Si.C8H8.2ClH.Zr/c1-20(2,3)16-7-9-18-14(12-16)11-15-13-17(21(4,5)6)8-10-19(15)18;1-9(2,3)8-6-4-5-7-8;1-2-8-6-4-3-5-7-8;;;/h7-10,12H,11H2,1-6H3;6-7H,4H2,1-3H3;3-7H,1H3;2*1H;. The number of benzene rings is 3. The molecule has 0 radical (unpaired) electrons. The largest absolute Gasteiger partial charge is 0.147 e. The predicted molar refractivity (Wildman–Crippen MR) is 187 cm³/mol. The maximum atomic E-state index is 2.68. The zero-order valence-corrected chi connectivity index (χ0v) is 31.7. The second-order valence-corrected chi connectivity index (χ2v) is 26.3. The van der Waals surface area contributed by atoms with E-state index in [1.165, 1.54) is 27.8 Å². The first kappa shape index (κ1) is 34.2. The number of allylic oxidation sites excluding steroid dienone is 4. The first-order valence-corrected chi connectivity index (χ1v) is 21.8. The van der Waals surface area contributed by atoms with Crippen molar-refractivity contribution < 1.29 is 21.3 Å². The van der Waals surface area contributed by atoms with E-state index in [1.54, 1.807) is 26.1 Å². The molecular weight excluding hydrogens is 635 g/mol. The molecule has 2 aliphatic carbocycles. The van der Waals surface area contributed by atoms with Crippen molar-refractivity contribution in [2.45, 2.75) is 91.8 Å². The van der Waals surface area contributed by atoms with Crippen molar-refractivity contribution in [2.75, 3.05) is 0 Å². The van der Waals surface area contributed by atoms with Crippen molar-refractivity contribution in [2.24, 2.45) is 0 Å².